The Hall–Kier alpha value is -0.250. The molecular formula is C11H14IO. The van der Waals surface area contributed by atoms with Gasteiger partial charge in [0.25, 0.3) is 0 Å². The van der Waals surface area contributed by atoms with Gasteiger partial charge in [0, 0.05) is 0 Å². The molecule has 0 amide bonds. The molecule has 0 saturated carbocycles. The summed E-state index contributed by atoms with van der Waals surface area (Å²) < 4.78 is 6.74. The van der Waals surface area contributed by atoms with Gasteiger partial charge >= 0.3 is 0 Å². The van der Waals surface area contributed by atoms with Crippen molar-refractivity contribution in [2.24, 2.45) is 0 Å². The normalized spacial score (nSPS) is 10.5. The highest BCUT2D eigenvalue weighted by Gasteiger charge is 2.09. The van der Waals surface area contributed by atoms with E-state index >= 15 is 0 Å². The van der Waals surface area contributed by atoms with Gasteiger partial charge in [0.05, 0.1) is 10.2 Å². The molecule has 1 radical (unpaired) electrons. The van der Waals surface area contributed by atoms with Gasteiger partial charge in [0.1, 0.15) is 5.75 Å². The summed E-state index contributed by atoms with van der Waals surface area (Å²) in [7, 11) is 0. The Morgan fingerprint density at radius 2 is 2.23 bits per heavy atom. The predicted octanol–water partition coefficient (Wildman–Crippen LogP) is 3.63. The van der Waals surface area contributed by atoms with E-state index in [1.54, 1.807) is 0 Å². The lowest BCUT2D eigenvalue weighted by Crippen LogP contribution is -2.00. The highest BCUT2D eigenvalue weighted by atomic mass is 127. The molecule has 0 bridgehead atoms. The van der Waals surface area contributed by atoms with Crippen molar-refractivity contribution in [3.05, 3.63) is 34.3 Å². The number of halogens is 1. The molecule has 0 heterocycles. The first-order valence-corrected chi connectivity index (χ1v) is 5.49. The van der Waals surface area contributed by atoms with E-state index in [-0.39, 0.29) is 5.92 Å². The Kier molecular flexibility index (Phi) is 4.03. The van der Waals surface area contributed by atoms with Crippen LogP contribution < -0.4 is 4.74 Å². The molecule has 1 aromatic rings. The maximum Gasteiger partial charge on any atom is 0.136 e. The second kappa shape index (κ2) is 4.84. The van der Waals surface area contributed by atoms with E-state index < -0.39 is 0 Å². The van der Waals surface area contributed by atoms with Crippen molar-refractivity contribution in [1.29, 1.82) is 0 Å². The van der Waals surface area contributed by atoms with Gasteiger partial charge in [-0.1, -0.05) is 19.1 Å². The number of rotatable bonds is 3. The minimum Gasteiger partial charge on any atom is -0.492 e. The molecule has 1 rings (SSSR count). The van der Waals surface area contributed by atoms with Crippen LogP contribution in [0.15, 0.2) is 18.2 Å². The van der Waals surface area contributed by atoms with Crippen LogP contribution in [0.5, 0.6) is 5.75 Å². The standard InChI is InChI=1S/C11H14IO/c1-4-13-11-9(8(2)3)6-5-7-10(11)12/h5-8H,2,4H2,1,3H3. The molecule has 71 valence electrons. The predicted molar refractivity (Wildman–Crippen MR) is 64.1 cm³/mol. The van der Waals surface area contributed by atoms with E-state index in [4.69, 9.17) is 4.74 Å². The van der Waals surface area contributed by atoms with Crippen LogP contribution in [0.1, 0.15) is 25.3 Å². The molecule has 0 saturated heterocycles. The second-order valence-corrected chi connectivity index (χ2v) is 4.15. The molecule has 0 aromatic heterocycles. The summed E-state index contributed by atoms with van der Waals surface area (Å²) in [5.74, 6) is 1.27. The SMILES string of the molecule is [CH2]C(C)c1cccc(I)c1OCC. The van der Waals surface area contributed by atoms with Crippen LogP contribution in [0.2, 0.25) is 0 Å². The summed E-state index contributed by atoms with van der Waals surface area (Å²) in [6, 6.07) is 6.17. The largest absolute Gasteiger partial charge is 0.492 e. The third-order valence-corrected chi connectivity index (χ3v) is 2.67. The van der Waals surface area contributed by atoms with Gasteiger partial charge < -0.3 is 4.74 Å². The van der Waals surface area contributed by atoms with Crippen LogP contribution in [0, 0.1) is 10.5 Å². The van der Waals surface area contributed by atoms with Crippen LogP contribution in [-0.4, -0.2) is 6.61 Å². The van der Waals surface area contributed by atoms with Crippen molar-refractivity contribution in [3.63, 3.8) is 0 Å². The zero-order valence-electron chi connectivity index (χ0n) is 8.01. The van der Waals surface area contributed by atoms with Crippen molar-refractivity contribution in [1.82, 2.24) is 0 Å². The Bertz CT molecular complexity index is 281. The van der Waals surface area contributed by atoms with Gasteiger partial charge in [-0.3, -0.25) is 0 Å². The lowest BCUT2D eigenvalue weighted by atomic mass is 10.0. The maximum absolute atomic E-state index is 5.58. The lowest BCUT2D eigenvalue weighted by Gasteiger charge is -2.14. The zero-order valence-corrected chi connectivity index (χ0v) is 10.2. The zero-order chi connectivity index (χ0) is 9.84. The molecule has 1 nitrogen and oxygen atoms in total. The van der Waals surface area contributed by atoms with Gasteiger partial charge in [-0.05, 0) is 54.0 Å². The Balaban J connectivity index is 3.09. The summed E-state index contributed by atoms with van der Waals surface area (Å²) in [5, 5.41) is 0. The van der Waals surface area contributed by atoms with E-state index in [9.17, 15) is 0 Å². The minimum atomic E-state index is 0.274. The van der Waals surface area contributed by atoms with Crippen molar-refractivity contribution in [2.45, 2.75) is 19.8 Å². The van der Waals surface area contributed by atoms with Gasteiger partial charge in [0.2, 0.25) is 0 Å². The van der Waals surface area contributed by atoms with Crippen LogP contribution in [0.4, 0.5) is 0 Å². The molecular weight excluding hydrogens is 275 g/mol. The third-order valence-electron chi connectivity index (χ3n) is 1.82. The number of para-hydroxylation sites is 1. The Labute approximate surface area is 93.6 Å². The molecule has 0 fully saturated rings. The molecule has 1 unspecified atom stereocenters. The number of hydrogen-bond acceptors (Lipinski definition) is 1. The molecule has 13 heavy (non-hydrogen) atoms. The fourth-order valence-electron chi connectivity index (χ4n) is 1.21. The number of hydrogen-bond donors (Lipinski definition) is 0. The molecule has 0 aliphatic rings. The monoisotopic (exact) mass is 289 g/mol. The number of benzene rings is 1. The Morgan fingerprint density at radius 3 is 2.77 bits per heavy atom. The topological polar surface area (TPSA) is 9.23 Å². The molecule has 0 aliphatic heterocycles. The first-order chi connectivity index (χ1) is 6.16. The maximum atomic E-state index is 5.58. The molecule has 2 heteroatoms. The Morgan fingerprint density at radius 1 is 1.54 bits per heavy atom. The average molecular weight is 289 g/mol. The molecule has 1 aromatic carbocycles. The third kappa shape index (κ3) is 2.59. The summed E-state index contributed by atoms with van der Waals surface area (Å²) in [6.45, 7) is 8.80. The molecule has 0 aliphatic carbocycles. The number of ether oxygens (including phenoxy) is 1. The van der Waals surface area contributed by atoms with E-state index in [0.717, 1.165) is 9.32 Å². The van der Waals surface area contributed by atoms with Crippen LogP contribution in [0.3, 0.4) is 0 Å². The summed E-state index contributed by atoms with van der Waals surface area (Å²) in [5.41, 5.74) is 1.19. The summed E-state index contributed by atoms with van der Waals surface area (Å²) in [6.07, 6.45) is 0. The smallest absolute Gasteiger partial charge is 0.136 e. The first kappa shape index (κ1) is 10.8. The molecule has 0 N–H and O–H groups in total. The van der Waals surface area contributed by atoms with Crippen molar-refractivity contribution in [2.75, 3.05) is 6.61 Å². The van der Waals surface area contributed by atoms with Gasteiger partial charge in [0.15, 0.2) is 0 Å². The first-order valence-electron chi connectivity index (χ1n) is 4.41. The lowest BCUT2D eigenvalue weighted by molar-refractivity contribution is 0.333. The van der Waals surface area contributed by atoms with Crippen molar-refractivity contribution >= 4 is 22.6 Å². The second-order valence-electron chi connectivity index (χ2n) is 2.99. The van der Waals surface area contributed by atoms with Gasteiger partial charge in [-0.2, -0.15) is 0 Å². The van der Waals surface area contributed by atoms with E-state index in [2.05, 4.69) is 48.6 Å². The van der Waals surface area contributed by atoms with E-state index in [0.29, 0.717) is 6.61 Å². The fourth-order valence-corrected chi connectivity index (χ4v) is 1.88. The van der Waals surface area contributed by atoms with E-state index in [1.165, 1.54) is 5.56 Å². The van der Waals surface area contributed by atoms with E-state index in [1.807, 2.05) is 13.0 Å². The van der Waals surface area contributed by atoms with Crippen LogP contribution >= 0.6 is 22.6 Å². The highest BCUT2D eigenvalue weighted by Crippen LogP contribution is 2.30. The quantitative estimate of drug-likeness (QED) is 0.772. The van der Waals surface area contributed by atoms with Crippen LogP contribution in [-0.2, 0) is 0 Å². The van der Waals surface area contributed by atoms with Gasteiger partial charge in [-0.25, -0.2) is 0 Å². The molecule has 1 atom stereocenters. The minimum absolute atomic E-state index is 0.274. The average Bonchev–Trinajstić information content (AvgIpc) is 2.08. The van der Waals surface area contributed by atoms with Crippen molar-refractivity contribution in [3.8, 4) is 5.75 Å². The summed E-state index contributed by atoms with van der Waals surface area (Å²) in [4.78, 5) is 0. The highest BCUT2D eigenvalue weighted by molar-refractivity contribution is 14.1. The fraction of sp³-hybridized carbons (Fsp3) is 0.364. The van der Waals surface area contributed by atoms with Gasteiger partial charge in [-0.15, -0.1) is 0 Å². The van der Waals surface area contributed by atoms with Crippen LogP contribution in [0.25, 0.3) is 0 Å². The summed E-state index contributed by atoms with van der Waals surface area (Å²) >= 11 is 2.29. The van der Waals surface area contributed by atoms with Crippen molar-refractivity contribution < 1.29 is 4.74 Å². The molecule has 0 spiro atoms.